The molecule has 3 unspecified atom stereocenters. The van der Waals surface area contributed by atoms with Crippen LogP contribution in [0.25, 0.3) is 0 Å². The molecule has 34 heavy (non-hydrogen) atoms. The van der Waals surface area contributed by atoms with Crippen molar-refractivity contribution in [1.29, 1.82) is 0 Å². The molecule has 1 amide bonds. The van der Waals surface area contributed by atoms with Crippen molar-refractivity contribution >= 4 is 11.6 Å². The Labute approximate surface area is 205 Å². The Bertz CT molecular complexity index is 1120. The maximum Gasteiger partial charge on any atom is 0.241 e. The minimum atomic E-state index is -0.569. The monoisotopic (exact) mass is 451 g/mol. The van der Waals surface area contributed by atoms with E-state index in [4.69, 9.17) is 0 Å². The average Bonchev–Trinajstić information content (AvgIpc) is 2.99. The van der Waals surface area contributed by atoms with Crippen LogP contribution in [0.2, 0.25) is 0 Å². The van der Waals surface area contributed by atoms with Gasteiger partial charge >= 0.3 is 0 Å². The summed E-state index contributed by atoms with van der Waals surface area (Å²) in [6, 6.07) is 29.9. The van der Waals surface area contributed by atoms with Gasteiger partial charge in [0.25, 0.3) is 0 Å². The van der Waals surface area contributed by atoms with Crippen LogP contribution in [0.5, 0.6) is 0 Å². The molecule has 1 fully saturated rings. The van der Waals surface area contributed by atoms with E-state index in [0.717, 1.165) is 24.1 Å². The van der Waals surface area contributed by atoms with Gasteiger partial charge in [0.15, 0.2) is 0 Å². The quantitative estimate of drug-likeness (QED) is 0.349. The van der Waals surface area contributed by atoms with Crippen LogP contribution in [0.3, 0.4) is 0 Å². The fraction of sp³-hybridized carbons (Fsp3) is 0.406. The van der Waals surface area contributed by atoms with Gasteiger partial charge < -0.3 is 4.90 Å². The fourth-order valence-corrected chi connectivity index (χ4v) is 6.68. The van der Waals surface area contributed by atoms with Crippen LogP contribution in [-0.4, -0.2) is 13.0 Å². The van der Waals surface area contributed by atoms with Crippen molar-refractivity contribution in [2.24, 2.45) is 5.41 Å². The highest BCUT2D eigenvalue weighted by atomic mass is 16.2. The summed E-state index contributed by atoms with van der Waals surface area (Å²) >= 11 is 0. The van der Waals surface area contributed by atoms with Crippen LogP contribution < -0.4 is 4.90 Å². The van der Waals surface area contributed by atoms with E-state index >= 15 is 0 Å². The molecule has 0 radical (unpaired) electrons. The van der Waals surface area contributed by atoms with Crippen molar-refractivity contribution in [3.05, 3.63) is 102 Å². The Morgan fingerprint density at radius 3 is 2.26 bits per heavy atom. The molecule has 2 nitrogen and oxygen atoms in total. The zero-order valence-electron chi connectivity index (χ0n) is 20.7. The third-order valence-corrected chi connectivity index (χ3v) is 8.69. The molecule has 3 aromatic carbocycles. The first kappa shape index (κ1) is 22.9. The normalized spacial score (nSPS) is 26.8. The van der Waals surface area contributed by atoms with Crippen LogP contribution in [0.1, 0.15) is 80.9 Å². The van der Waals surface area contributed by atoms with Gasteiger partial charge in [0.1, 0.15) is 5.41 Å². The van der Waals surface area contributed by atoms with E-state index in [1.165, 1.54) is 49.7 Å². The smallest absolute Gasteiger partial charge is 0.241 e. The Balaban J connectivity index is 1.35. The van der Waals surface area contributed by atoms with Crippen LogP contribution in [0.4, 0.5) is 5.69 Å². The number of likely N-dealkylation sites (N-methyl/N-ethyl adjacent to an activating group) is 1. The van der Waals surface area contributed by atoms with Gasteiger partial charge in [0.05, 0.1) is 0 Å². The first-order valence-electron chi connectivity index (χ1n) is 13.0. The van der Waals surface area contributed by atoms with Crippen molar-refractivity contribution in [2.75, 3.05) is 11.9 Å². The molecule has 1 saturated carbocycles. The van der Waals surface area contributed by atoms with E-state index < -0.39 is 5.41 Å². The topological polar surface area (TPSA) is 20.3 Å². The second kappa shape index (κ2) is 9.41. The third-order valence-electron chi connectivity index (χ3n) is 8.69. The highest BCUT2D eigenvalue weighted by molar-refractivity contribution is 6.10. The summed E-state index contributed by atoms with van der Waals surface area (Å²) in [6.07, 6.45) is 9.55. The number of hydrogen-bond donors (Lipinski definition) is 0. The van der Waals surface area contributed by atoms with Gasteiger partial charge in [0.2, 0.25) is 5.91 Å². The van der Waals surface area contributed by atoms with E-state index in [0.29, 0.717) is 11.3 Å². The van der Waals surface area contributed by atoms with Crippen LogP contribution in [0.15, 0.2) is 84.9 Å². The Kier molecular flexibility index (Phi) is 6.34. The molecular formula is C32H37NO. The maximum atomic E-state index is 13.8. The molecule has 3 aromatic rings. The highest BCUT2D eigenvalue weighted by Crippen LogP contribution is 2.50. The molecule has 0 saturated heterocycles. The number of anilines is 1. The second-order valence-corrected chi connectivity index (χ2v) is 10.9. The molecule has 0 aromatic heterocycles. The predicted octanol–water partition coefficient (Wildman–Crippen LogP) is 7.87. The van der Waals surface area contributed by atoms with Gasteiger partial charge in [0, 0.05) is 12.7 Å². The lowest BCUT2D eigenvalue weighted by atomic mass is 9.69. The van der Waals surface area contributed by atoms with Gasteiger partial charge in [-0.3, -0.25) is 4.79 Å². The number of fused-ring (bicyclic) bond motifs is 1. The summed E-state index contributed by atoms with van der Waals surface area (Å²) < 4.78 is 0. The van der Waals surface area contributed by atoms with E-state index in [-0.39, 0.29) is 5.91 Å². The van der Waals surface area contributed by atoms with Crippen molar-refractivity contribution in [2.45, 2.75) is 69.6 Å². The van der Waals surface area contributed by atoms with Crippen molar-refractivity contribution in [3.8, 4) is 0 Å². The minimum absolute atomic E-state index is 0.218. The van der Waals surface area contributed by atoms with E-state index in [9.17, 15) is 4.79 Å². The lowest BCUT2D eigenvalue weighted by Gasteiger charge is -2.33. The molecule has 0 N–H and O–H groups in total. The number of amides is 1. The van der Waals surface area contributed by atoms with Gasteiger partial charge in [-0.2, -0.15) is 0 Å². The number of hydrogen-bond acceptors (Lipinski definition) is 1. The summed E-state index contributed by atoms with van der Waals surface area (Å²) in [4.78, 5) is 15.7. The zero-order chi connectivity index (χ0) is 23.6. The molecule has 1 aliphatic carbocycles. The molecule has 3 atom stereocenters. The fourth-order valence-electron chi connectivity index (χ4n) is 6.68. The summed E-state index contributed by atoms with van der Waals surface area (Å²) in [5.74, 6) is 0.908. The van der Waals surface area contributed by atoms with Crippen LogP contribution in [0, 0.1) is 5.41 Å². The Morgan fingerprint density at radius 2 is 1.50 bits per heavy atom. The van der Waals surface area contributed by atoms with Crippen LogP contribution in [-0.2, 0) is 10.2 Å². The van der Waals surface area contributed by atoms with Crippen molar-refractivity contribution in [3.63, 3.8) is 0 Å². The SMILES string of the molecule is CN1C(=O)C(CCCC2(C)CCCC(c3ccccc3)CC2)(c2ccccc2)c2ccccc21. The number of rotatable bonds is 6. The standard InChI is InChI=1S/C32H37NO/c1-31(21-11-15-26(20-24-31)25-13-5-3-6-14-25)22-12-23-32(27-16-7-4-8-17-27)28-18-9-10-19-29(28)33(2)30(32)34/h3-10,13-14,16-19,26H,11-12,15,20-24H2,1-2H3. The molecular weight excluding hydrogens is 414 g/mol. The minimum Gasteiger partial charge on any atom is -0.314 e. The Hall–Kier alpha value is -2.87. The largest absolute Gasteiger partial charge is 0.314 e. The number of carbonyl (C=O) groups is 1. The van der Waals surface area contributed by atoms with Gasteiger partial charge in [-0.25, -0.2) is 0 Å². The number of para-hydroxylation sites is 1. The highest BCUT2D eigenvalue weighted by Gasteiger charge is 2.50. The average molecular weight is 452 g/mol. The maximum absolute atomic E-state index is 13.8. The molecule has 1 heterocycles. The first-order chi connectivity index (χ1) is 16.5. The zero-order valence-corrected chi connectivity index (χ0v) is 20.7. The lowest BCUT2D eigenvalue weighted by Crippen LogP contribution is -2.40. The lowest BCUT2D eigenvalue weighted by molar-refractivity contribution is -0.121. The summed E-state index contributed by atoms with van der Waals surface area (Å²) in [5, 5.41) is 0. The van der Waals surface area contributed by atoms with Crippen LogP contribution >= 0.6 is 0 Å². The van der Waals surface area contributed by atoms with Gasteiger partial charge in [-0.1, -0.05) is 98.6 Å². The van der Waals surface area contributed by atoms with E-state index in [2.05, 4.69) is 79.7 Å². The number of benzene rings is 3. The molecule has 5 rings (SSSR count). The van der Waals surface area contributed by atoms with E-state index in [1.54, 1.807) is 0 Å². The third kappa shape index (κ3) is 4.08. The van der Waals surface area contributed by atoms with Gasteiger partial charge in [-0.05, 0) is 72.6 Å². The molecule has 0 bridgehead atoms. The van der Waals surface area contributed by atoms with E-state index in [1.807, 2.05) is 24.1 Å². The number of nitrogens with zero attached hydrogens (tertiary/aromatic N) is 1. The molecule has 176 valence electrons. The molecule has 2 aliphatic rings. The number of carbonyl (C=O) groups excluding carboxylic acids is 1. The summed E-state index contributed by atoms with van der Waals surface area (Å²) in [6.45, 7) is 2.49. The summed E-state index contributed by atoms with van der Waals surface area (Å²) in [7, 11) is 1.93. The predicted molar refractivity (Wildman–Crippen MR) is 141 cm³/mol. The molecule has 2 heteroatoms. The first-order valence-corrected chi connectivity index (χ1v) is 13.0. The molecule has 0 spiro atoms. The molecule has 1 aliphatic heterocycles. The summed E-state index contributed by atoms with van der Waals surface area (Å²) in [5.41, 5.74) is 4.65. The van der Waals surface area contributed by atoms with Gasteiger partial charge in [-0.15, -0.1) is 0 Å². The second-order valence-electron chi connectivity index (χ2n) is 10.9. The van der Waals surface area contributed by atoms with Crippen molar-refractivity contribution in [1.82, 2.24) is 0 Å². The Morgan fingerprint density at radius 1 is 0.824 bits per heavy atom. The van der Waals surface area contributed by atoms with Crippen molar-refractivity contribution < 1.29 is 4.79 Å².